The van der Waals surface area contributed by atoms with Gasteiger partial charge in [-0.3, -0.25) is 9.69 Å². The van der Waals surface area contributed by atoms with E-state index < -0.39 is 5.91 Å². The van der Waals surface area contributed by atoms with Crippen LogP contribution in [0.2, 0.25) is 5.02 Å². The number of halogens is 1. The number of rotatable bonds is 4. The highest BCUT2D eigenvalue weighted by Gasteiger charge is 2.65. The number of primary amides is 1. The second-order valence-corrected chi connectivity index (χ2v) is 11.1. The Morgan fingerprint density at radius 2 is 1.86 bits per heavy atom. The third kappa shape index (κ3) is 4.87. The lowest BCUT2D eigenvalue weighted by molar-refractivity contribution is -0.212. The third-order valence-corrected chi connectivity index (χ3v) is 7.74. The topological polar surface area (TPSA) is 92.2 Å². The molecule has 2 heterocycles. The summed E-state index contributed by atoms with van der Waals surface area (Å²) in [5, 5.41) is 9.54. The molecule has 0 radical (unpaired) electrons. The predicted molar refractivity (Wildman–Crippen MR) is 136 cm³/mol. The summed E-state index contributed by atoms with van der Waals surface area (Å²) in [5.41, 5.74) is 6.67. The van der Waals surface area contributed by atoms with E-state index in [9.17, 15) is 4.79 Å². The quantitative estimate of drug-likeness (QED) is 0.629. The van der Waals surface area contributed by atoms with Crippen molar-refractivity contribution in [2.24, 2.45) is 22.5 Å². The van der Waals surface area contributed by atoms with Gasteiger partial charge in [-0.1, -0.05) is 45.2 Å². The van der Waals surface area contributed by atoms with Crippen LogP contribution in [0.15, 0.2) is 36.5 Å². The molecule has 1 aliphatic heterocycles. The zero-order valence-electron chi connectivity index (χ0n) is 20.6. The summed E-state index contributed by atoms with van der Waals surface area (Å²) >= 11 is 6.22. The number of hydrogen-bond donors (Lipinski definition) is 1. The largest absolute Gasteiger partial charge is 0.489 e. The number of hydrogen-bond acceptors (Lipinski definition) is 5. The molecule has 0 spiro atoms. The van der Waals surface area contributed by atoms with E-state index in [-0.39, 0.29) is 16.9 Å². The number of carbonyl (C=O) groups excluding carboxylic acids is 1. The summed E-state index contributed by atoms with van der Waals surface area (Å²) in [6.07, 6.45) is 3.51. The van der Waals surface area contributed by atoms with Crippen molar-refractivity contribution in [3.8, 4) is 23.7 Å². The SMILES string of the molecule is CC1(C)C(Oc2ccc(C#N)c(Cl)c2)C(C)(C)C1N1CCC(C#Cc2ccc(C(N)=O)cn2)CC1. The average Bonchev–Trinajstić information content (AvgIpc) is 2.82. The highest BCUT2D eigenvalue weighted by atomic mass is 35.5. The molecule has 0 atom stereocenters. The van der Waals surface area contributed by atoms with Gasteiger partial charge in [-0.2, -0.15) is 5.26 Å². The minimum Gasteiger partial charge on any atom is -0.489 e. The summed E-state index contributed by atoms with van der Waals surface area (Å²) in [6, 6.07) is 11.1. The first kappa shape index (κ1) is 25.0. The molecular formula is C28H31ClN4O2. The van der Waals surface area contributed by atoms with Crippen LogP contribution in [0.4, 0.5) is 0 Å². The fourth-order valence-corrected chi connectivity index (χ4v) is 6.45. The van der Waals surface area contributed by atoms with Gasteiger partial charge in [0.15, 0.2) is 0 Å². The van der Waals surface area contributed by atoms with E-state index in [0.717, 1.165) is 25.9 Å². The summed E-state index contributed by atoms with van der Waals surface area (Å²) in [4.78, 5) is 18.0. The normalized spacial score (nSPS) is 23.3. The molecule has 1 aliphatic carbocycles. The molecule has 6 nitrogen and oxygen atoms in total. The molecule has 1 aromatic carbocycles. The fraction of sp³-hybridized carbons (Fsp3) is 0.464. The second-order valence-electron chi connectivity index (χ2n) is 10.7. The van der Waals surface area contributed by atoms with E-state index in [1.54, 1.807) is 24.3 Å². The Balaban J connectivity index is 1.38. The van der Waals surface area contributed by atoms with E-state index in [0.29, 0.717) is 39.6 Å². The summed E-state index contributed by atoms with van der Waals surface area (Å²) in [6.45, 7) is 11.1. The molecular weight excluding hydrogens is 460 g/mol. The van der Waals surface area contributed by atoms with Crippen LogP contribution in [0.1, 0.15) is 62.2 Å². The van der Waals surface area contributed by atoms with Gasteiger partial charge in [-0.25, -0.2) is 4.98 Å². The number of benzene rings is 1. The highest BCUT2D eigenvalue weighted by molar-refractivity contribution is 6.31. The van der Waals surface area contributed by atoms with Crippen molar-refractivity contribution in [3.05, 3.63) is 58.4 Å². The van der Waals surface area contributed by atoms with Gasteiger partial charge in [0.2, 0.25) is 5.91 Å². The van der Waals surface area contributed by atoms with E-state index in [4.69, 9.17) is 27.3 Å². The van der Waals surface area contributed by atoms with Gasteiger partial charge in [-0.15, -0.1) is 0 Å². The minimum absolute atomic E-state index is 0.0240. The third-order valence-electron chi connectivity index (χ3n) is 7.42. The van der Waals surface area contributed by atoms with E-state index in [2.05, 4.69) is 55.5 Å². The standard InChI is InChI=1S/C28H31ClN4O2/c1-27(2)25(28(3,4)26(27)35-22-10-7-19(16-30)23(29)15-22)33-13-11-18(12-14-33)5-8-21-9-6-20(17-32-21)24(31)34/h6-7,9-10,15,17-18,25-26H,11-14H2,1-4H3,(H2,31,34). The Morgan fingerprint density at radius 3 is 2.40 bits per heavy atom. The van der Waals surface area contributed by atoms with Gasteiger partial charge >= 0.3 is 0 Å². The maximum atomic E-state index is 11.2. The Kier molecular flexibility index (Phi) is 6.82. The van der Waals surface area contributed by atoms with Crippen molar-refractivity contribution in [1.82, 2.24) is 9.88 Å². The molecule has 0 unspecified atom stereocenters. The molecule has 1 saturated carbocycles. The minimum atomic E-state index is -0.487. The zero-order valence-corrected chi connectivity index (χ0v) is 21.4. The smallest absolute Gasteiger partial charge is 0.250 e. The second kappa shape index (κ2) is 9.53. The molecule has 35 heavy (non-hydrogen) atoms. The van der Waals surface area contributed by atoms with Crippen LogP contribution in [0.5, 0.6) is 5.75 Å². The number of nitriles is 1. The Labute approximate surface area is 212 Å². The lowest BCUT2D eigenvalue weighted by atomic mass is 9.48. The number of nitrogens with two attached hydrogens (primary N) is 1. The summed E-state index contributed by atoms with van der Waals surface area (Å²) in [7, 11) is 0. The van der Waals surface area contributed by atoms with Gasteiger partial charge in [0.05, 0.1) is 16.1 Å². The molecule has 1 aromatic heterocycles. The first-order valence-electron chi connectivity index (χ1n) is 11.9. The van der Waals surface area contributed by atoms with Gasteiger partial charge in [-0.05, 0) is 56.1 Å². The Bertz CT molecular complexity index is 1200. The maximum Gasteiger partial charge on any atom is 0.250 e. The monoisotopic (exact) mass is 490 g/mol. The lowest BCUT2D eigenvalue weighted by Crippen LogP contribution is -2.75. The van der Waals surface area contributed by atoms with Gasteiger partial charge < -0.3 is 10.5 Å². The highest BCUT2D eigenvalue weighted by Crippen LogP contribution is 2.58. The first-order chi connectivity index (χ1) is 16.5. The number of ether oxygens (including phenoxy) is 1. The molecule has 182 valence electrons. The number of pyridine rings is 1. The molecule has 2 aromatic rings. The number of likely N-dealkylation sites (tertiary alicyclic amines) is 1. The lowest BCUT2D eigenvalue weighted by Gasteiger charge is -2.66. The molecule has 4 rings (SSSR count). The van der Waals surface area contributed by atoms with Crippen molar-refractivity contribution >= 4 is 17.5 Å². The van der Waals surface area contributed by atoms with Gasteiger partial charge in [0.25, 0.3) is 0 Å². The average molecular weight is 491 g/mol. The van der Waals surface area contributed by atoms with Crippen molar-refractivity contribution in [3.63, 3.8) is 0 Å². The molecule has 7 heteroatoms. The van der Waals surface area contributed by atoms with Gasteiger partial charge in [0.1, 0.15) is 23.6 Å². The molecule has 2 fully saturated rings. The fourth-order valence-electron chi connectivity index (χ4n) is 6.24. The van der Waals surface area contributed by atoms with E-state index in [1.807, 2.05) is 6.07 Å². The molecule has 2 N–H and O–H groups in total. The zero-order chi connectivity index (χ0) is 25.4. The molecule has 0 bridgehead atoms. The van der Waals surface area contributed by atoms with Crippen LogP contribution in [0.25, 0.3) is 0 Å². The number of amides is 1. The summed E-state index contributed by atoms with van der Waals surface area (Å²) < 4.78 is 6.44. The number of piperidine rings is 1. The van der Waals surface area contributed by atoms with Crippen LogP contribution in [-0.4, -0.2) is 41.0 Å². The van der Waals surface area contributed by atoms with Gasteiger partial charge in [0, 0.05) is 35.1 Å². The van der Waals surface area contributed by atoms with Crippen molar-refractivity contribution in [1.29, 1.82) is 5.26 Å². The molecule has 1 amide bonds. The maximum absolute atomic E-state index is 11.2. The first-order valence-corrected chi connectivity index (χ1v) is 12.3. The van der Waals surface area contributed by atoms with Crippen LogP contribution >= 0.6 is 11.6 Å². The molecule has 2 aliphatic rings. The Morgan fingerprint density at radius 1 is 1.17 bits per heavy atom. The van der Waals surface area contributed by atoms with Crippen molar-refractivity contribution < 1.29 is 9.53 Å². The number of nitrogens with zero attached hydrogens (tertiary/aromatic N) is 3. The van der Waals surface area contributed by atoms with Crippen molar-refractivity contribution in [2.75, 3.05) is 13.1 Å². The predicted octanol–water partition coefficient (Wildman–Crippen LogP) is 4.65. The van der Waals surface area contributed by atoms with Crippen LogP contribution < -0.4 is 10.5 Å². The summed E-state index contributed by atoms with van der Waals surface area (Å²) in [5.74, 6) is 7.05. The Hall–Kier alpha value is -3.06. The number of carbonyl (C=O) groups is 1. The van der Waals surface area contributed by atoms with Crippen LogP contribution in [-0.2, 0) is 0 Å². The number of aromatic nitrogens is 1. The molecule has 1 saturated heterocycles. The van der Waals surface area contributed by atoms with Crippen LogP contribution in [0, 0.1) is 39.9 Å². The van der Waals surface area contributed by atoms with E-state index in [1.165, 1.54) is 6.20 Å². The van der Waals surface area contributed by atoms with E-state index >= 15 is 0 Å². The van der Waals surface area contributed by atoms with Crippen LogP contribution in [0.3, 0.4) is 0 Å². The van der Waals surface area contributed by atoms with Crippen molar-refractivity contribution in [2.45, 2.75) is 52.7 Å².